The average molecular weight is 290 g/mol. The van der Waals surface area contributed by atoms with Crippen LogP contribution in [0.15, 0.2) is 30.3 Å². The molecule has 21 heavy (non-hydrogen) atoms. The first kappa shape index (κ1) is 17.0. The third-order valence-electron chi connectivity index (χ3n) is 2.78. The summed E-state index contributed by atoms with van der Waals surface area (Å²) in [5.41, 5.74) is 1.16. The fourth-order valence-corrected chi connectivity index (χ4v) is 1.69. The Balaban J connectivity index is 2.87. The number of rotatable bonds is 4. The maximum atomic E-state index is 12.1. The number of carbonyl (C=O) groups is 2. The third-order valence-corrected chi connectivity index (χ3v) is 2.78. The number of ether oxygens (including phenoxy) is 2. The smallest absolute Gasteiger partial charge is 0.330 e. The van der Waals surface area contributed by atoms with Crippen LogP contribution < -0.4 is 0 Å². The molecule has 0 radical (unpaired) electrons. The zero-order valence-electron chi connectivity index (χ0n) is 13.2. The van der Waals surface area contributed by atoms with Gasteiger partial charge in [0.15, 0.2) is 0 Å². The van der Waals surface area contributed by atoms with Crippen molar-refractivity contribution in [2.24, 2.45) is 0 Å². The van der Waals surface area contributed by atoms with Crippen LogP contribution in [-0.2, 0) is 19.1 Å². The molecule has 114 valence electrons. The van der Waals surface area contributed by atoms with Crippen molar-refractivity contribution in [3.8, 4) is 0 Å². The highest BCUT2D eigenvalue weighted by Gasteiger charge is 2.22. The number of benzene rings is 1. The topological polar surface area (TPSA) is 52.6 Å². The van der Waals surface area contributed by atoms with Crippen molar-refractivity contribution in [1.82, 2.24) is 0 Å². The summed E-state index contributed by atoms with van der Waals surface area (Å²) >= 11 is 0. The van der Waals surface area contributed by atoms with E-state index in [9.17, 15) is 9.59 Å². The van der Waals surface area contributed by atoms with Gasteiger partial charge in [0.05, 0.1) is 13.0 Å². The summed E-state index contributed by atoms with van der Waals surface area (Å²) in [7, 11) is 1.33. The number of methoxy groups -OCH3 is 1. The Morgan fingerprint density at radius 3 is 2.48 bits per heavy atom. The molecular formula is C17H22O4. The lowest BCUT2D eigenvalue weighted by Gasteiger charge is -2.22. The summed E-state index contributed by atoms with van der Waals surface area (Å²) in [6.07, 6.45) is 2.99. The first-order chi connectivity index (χ1) is 9.73. The quantitative estimate of drug-likeness (QED) is 0.630. The predicted octanol–water partition coefficient (Wildman–Crippen LogP) is 3.32. The second-order valence-electron chi connectivity index (χ2n) is 5.78. The maximum absolute atomic E-state index is 12.1. The van der Waals surface area contributed by atoms with Gasteiger partial charge in [-0.05, 0) is 44.9 Å². The monoisotopic (exact) mass is 290 g/mol. The molecule has 0 saturated carbocycles. The molecule has 0 fully saturated rings. The highest BCUT2D eigenvalue weighted by molar-refractivity contribution is 5.87. The van der Waals surface area contributed by atoms with Crippen LogP contribution in [0.2, 0.25) is 0 Å². The SMILES string of the molecule is COC(=O)/C=C/c1cccc(C(C)C(=O)OC(C)(C)C)c1. The van der Waals surface area contributed by atoms with Gasteiger partial charge in [-0.2, -0.15) is 0 Å². The number of hydrogen-bond acceptors (Lipinski definition) is 4. The van der Waals surface area contributed by atoms with Gasteiger partial charge >= 0.3 is 11.9 Å². The second kappa shape index (κ2) is 7.07. The van der Waals surface area contributed by atoms with Crippen molar-refractivity contribution in [3.05, 3.63) is 41.5 Å². The van der Waals surface area contributed by atoms with Crippen LogP contribution >= 0.6 is 0 Å². The van der Waals surface area contributed by atoms with Crippen molar-refractivity contribution >= 4 is 18.0 Å². The molecule has 4 heteroatoms. The molecule has 0 spiro atoms. The molecule has 0 aliphatic carbocycles. The van der Waals surface area contributed by atoms with Crippen molar-refractivity contribution in [1.29, 1.82) is 0 Å². The summed E-state index contributed by atoms with van der Waals surface area (Å²) in [5, 5.41) is 0. The Hall–Kier alpha value is -2.10. The van der Waals surface area contributed by atoms with E-state index in [4.69, 9.17) is 4.74 Å². The van der Waals surface area contributed by atoms with Gasteiger partial charge < -0.3 is 9.47 Å². The zero-order chi connectivity index (χ0) is 16.0. The van der Waals surface area contributed by atoms with Crippen molar-refractivity contribution < 1.29 is 19.1 Å². The van der Waals surface area contributed by atoms with Crippen molar-refractivity contribution in [2.75, 3.05) is 7.11 Å². The van der Waals surface area contributed by atoms with E-state index >= 15 is 0 Å². The minimum atomic E-state index is -0.506. The van der Waals surface area contributed by atoms with Gasteiger partial charge in [-0.15, -0.1) is 0 Å². The number of hydrogen-bond donors (Lipinski definition) is 0. The van der Waals surface area contributed by atoms with Gasteiger partial charge in [0.2, 0.25) is 0 Å². The van der Waals surface area contributed by atoms with Gasteiger partial charge in [-0.25, -0.2) is 4.79 Å². The molecule has 4 nitrogen and oxygen atoms in total. The van der Waals surface area contributed by atoms with Gasteiger partial charge in [-0.1, -0.05) is 24.3 Å². The van der Waals surface area contributed by atoms with Gasteiger partial charge in [0.25, 0.3) is 0 Å². The maximum Gasteiger partial charge on any atom is 0.330 e. The van der Waals surface area contributed by atoms with E-state index in [2.05, 4.69) is 4.74 Å². The summed E-state index contributed by atoms with van der Waals surface area (Å²) in [6.45, 7) is 7.32. The Bertz CT molecular complexity index is 538. The summed E-state index contributed by atoms with van der Waals surface area (Å²) in [6, 6.07) is 7.41. The highest BCUT2D eigenvalue weighted by Crippen LogP contribution is 2.21. The summed E-state index contributed by atoms with van der Waals surface area (Å²) < 4.78 is 9.92. The minimum Gasteiger partial charge on any atom is -0.466 e. The number of carbonyl (C=O) groups excluding carboxylic acids is 2. The van der Waals surface area contributed by atoms with E-state index < -0.39 is 11.6 Å². The third kappa shape index (κ3) is 5.81. The molecule has 0 heterocycles. The zero-order valence-corrected chi connectivity index (χ0v) is 13.2. The van der Waals surface area contributed by atoms with E-state index in [1.165, 1.54) is 13.2 Å². The summed E-state index contributed by atoms with van der Waals surface area (Å²) in [5.74, 6) is -1.05. The second-order valence-corrected chi connectivity index (χ2v) is 5.78. The molecule has 1 rings (SSSR count). The largest absolute Gasteiger partial charge is 0.466 e. The fraction of sp³-hybridized carbons (Fsp3) is 0.412. The van der Waals surface area contributed by atoms with Crippen LogP contribution in [0.4, 0.5) is 0 Å². The van der Waals surface area contributed by atoms with E-state index in [1.54, 1.807) is 13.0 Å². The molecular weight excluding hydrogens is 268 g/mol. The van der Waals surface area contributed by atoms with E-state index in [0.29, 0.717) is 0 Å². The van der Waals surface area contributed by atoms with E-state index in [0.717, 1.165) is 11.1 Å². The minimum absolute atomic E-state index is 0.267. The molecule has 0 aliphatic rings. The Morgan fingerprint density at radius 2 is 1.90 bits per heavy atom. The lowest BCUT2D eigenvalue weighted by molar-refractivity contribution is -0.156. The van der Waals surface area contributed by atoms with Crippen LogP contribution in [0.5, 0.6) is 0 Å². The molecule has 1 unspecified atom stereocenters. The molecule has 0 aromatic heterocycles. The Kier molecular flexibility index (Phi) is 5.70. The first-order valence-electron chi connectivity index (χ1n) is 6.82. The van der Waals surface area contributed by atoms with E-state index in [-0.39, 0.29) is 11.9 Å². The molecule has 1 aromatic carbocycles. The molecule has 1 atom stereocenters. The Morgan fingerprint density at radius 1 is 1.24 bits per heavy atom. The molecule has 0 aliphatic heterocycles. The number of esters is 2. The first-order valence-corrected chi connectivity index (χ1v) is 6.82. The average Bonchev–Trinajstić information content (AvgIpc) is 2.42. The lowest BCUT2D eigenvalue weighted by atomic mass is 9.98. The summed E-state index contributed by atoms with van der Waals surface area (Å²) in [4.78, 5) is 23.2. The predicted molar refractivity (Wildman–Crippen MR) is 81.8 cm³/mol. The van der Waals surface area contributed by atoms with Crippen LogP contribution in [0.1, 0.15) is 44.7 Å². The van der Waals surface area contributed by atoms with Crippen LogP contribution in [0, 0.1) is 0 Å². The molecule has 0 bridgehead atoms. The molecule has 0 saturated heterocycles. The van der Waals surface area contributed by atoms with Crippen LogP contribution in [0.3, 0.4) is 0 Å². The molecule has 1 aromatic rings. The Labute approximate surface area is 125 Å². The van der Waals surface area contributed by atoms with Crippen molar-refractivity contribution in [2.45, 2.75) is 39.2 Å². The van der Waals surface area contributed by atoms with Gasteiger partial charge in [0, 0.05) is 6.08 Å². The van der Waals surface area contributed by atoms with Crippen LogP contribution in [-0.4, -0.2) is 24.6 Å². The van der Waals surface area contributed by atoms with E-state index in [1.807, 2.05) is 45.0 Å². The highest BCUT2D eigenvalue weighted by atomic mass is 16.6. The standard InChI is InChI=1S/C17H22O4/c1-12(16(19)21-17(2,3)4)14-8-6-7-13(11-14)9-10-15(18)20-5/h6-12H,1-5H3/b10-9+. The lowest BCUT2D eigenvalue weighted by Crippen LogP contribution is -2.26. The molecule has 0 N–H and O–H groups in total. The molecule has 0 amide bonds. The fourth-order valence-electron chi connectivity index (χ4n) is 1.69. The van der Waals surface area contributed by atoms with Gasteiger partial charge in [-0.3, -0.25) is 4.79 Å². The normalized spacial score (nSPS) is 13.0. The van der Waals surface area contributed by atoms with Gasteiger partial charge in [0.1, 0.15) is 5.60 Å². The van der Waals surface area contributed by atoms with Crippen molar-refractivity contribution in [3.63, 3.8) is 0 Å². The van der Waals surface area contributed by atoms with Crippen LogP contribution in [0.25, 0.3) is 6.08 Å².